The molecule has 1 saturated carbocycles. The van der Waals surface area contributed by atoms with E-state index in [1.165, 1.54) is 49.7 Å². The summed E-state index contributed by atoms with van der Waals surface area (Å²) in [6, 6.07) is 19.1. The fraction of sp³-hybridized carbons (Fsp3) is 0.562. The van der Waals surface area contributed by atoms with Crippen LogP contribution in [-0.2, 0) is 11.2 Å². The topological polar surface area (TPSA) is 50.1 Å². The van der Waals surface area contributed by atoms with Crippen molar-refractivity contribution in [2.75, 3.05) is 0 Å². The van der Waals surface area contributed by atoms with Crippen LogP contribution in [0.3, 0.4) is 0 Å². The van der Waals surface area contributed by atoms with E-state index >= 15 is 0 Å². The highest BCUT2D eigenvalue weighted by molar-refractivity contribution is 5.90. The molecule has 2 aromatic carbocycles. The smallest absolute Gasteiger partial charge is 0.338 e. The van der Waals surface area contributed by atoms with E-state index in [2.05, 4.69) is 44.2 Å². The van der Waals surface area contributed by atoms with Gasteiger partial charge in [0.15, 0.2) is 0 Å². The molecule has 2 aromatic rings. The third kappa shape index (κ3) is 8.24. The fourth-order valence-electron chi connectivity index (χ4n) is 5.19. The van der Waals surface area contributed by atoms with E-state index in [4.69, 9.17) is 4.74 Å². The van der Waals surface area contributed by atoms with Crippen LogP contribution in [0.2, 0.25) is 0 Å². The van der Waals surface area contributed by atoms with Crippen molar-refractivity contribution in [3.63, 3.8) is 0 Å². The maximum absolute atomic E-state index is 12.7. The summed E-state index contributed by atoms with van der Waals surface area (Å²) in [5, 5.41) is 9.67. The third-order valence-electron chi connectivity index (χ3n) is 7.64. The Morgan fingerprint density at radius 1 is 0.857 bits per heavy atom. The van der Waals surface area contributed by atoms with Crippen LogP contribution in [0.15, 0.2) is 48.5 Å². The number of unbranched alkanes of at least 4 members (excludes halogenated alkanes) is 6. The van der Waals surface area contributed by atoms with Crippen LogP contribution >= 0.6 is 0 Å². The quantitative estimate of drug-likeness (QED) is 0.215. The molecular weight excluding hydrogens is 430 g/mol. The van der Waals surface area contributed by atoms with Crippen LogP contribution in [0.25, 0.3) is 11.1 Å². The van der Waals surface area contributed by atoms with Gasteiger partial charge in [-0.2, -0.15) is 5.26 Å². The summed E-state index contributed by atoms with van der Waals surface area (Å²) in [6.07, 6.45) is 15.4. The normalized spacial score (nSPS) is 19.7. The van der Waals surface area contributed by atoms with E-state index in [0.29, 0.717) is 5.56 Å². The highest BCUT2D eigenvalue weighted by Crippen LogP contribution is 2.41. The molecular formula is C32H43NO2. The molecule has 0 saturated heterocycles. The minimum Gasteiger partial charge on any atom is -0.459 e. The molecule has 0 N–H and O–H groups in total. The number of esters is 1. The van der Waals surface area contributed by atoms with Gasteiger partial charge in [0.2, 0.25) is 0 Å². The number of aryl methyl sites for hydroxylation is 1. The van der Waals surface area contributed by atoms with Gasteiger partial charge < -0.3 is 4.74 Å². The molecule has 3 heteroatoms. The molecule has 188 valence electrons. The van der Waals surface area contributed by atoms with E-state index in [0.717, 1.165) is 56.9 Å². The van der Waals surface area contributed by atoms with Gasteiger partial charge >= 0.3 is 5.97 Å². The summed E-state index contributed by atoms with van der Waals surface area (Å²) in [5.41, 5.74) is 4.05. The van der Waals surface area contributed by atoms with Gasteiger partial charge in [0.1, 0.15) is 6.10 Å². The largest absolute Gasteiger partial charge is 0.459 e. The van der Waals surface area contributed by atoms with Crippen LogP contribution in [-0.4, -0.2) is 12.1 Å². The van der Waals surface area contributed by atoms with Crippen molar-refractivity contribution in [1.82, 2.24) is 0 Å². The van der Waals surface area contributed by atoms with Crippen molar-refractivity contribution in [2.45, 2.75) is 110 Å². The van der Waals surface area contributed by atoms with Gasteiger partial charge in [-0.3, -0.25) is 0 Å². The maximum Gasteiger partial charge on any atom is 0.338 e. The maximum atomic E-state index is 12.7. The number of ether oxygens (including phenoxy) is 1. The number of benzene rings is 2. The second-order valence-electron chi connectivity index (χ2n) is 10.4. The van der Waals surface area contributed by atoms with E-state index in [9.17, 15) is 10.1 Å². The summed E-state index contributed by atoms with van der Waals surface area (Å²) in [7, 11) is 0. The number of nitriles is 1. The van der Waals surface area contributed by atoms with Crippen molar-refractivity contribution < 1.29 is 9.53 Å². The summed E-state index contributed by atoms with van der Waals surface area (Å²) in [5.74, 6) is -0.256. The molecule has 0 atom stereocenters. The van der Waals surface area contributed by atoms with Crippen LogP contribution in [0.4, 0.5) is 0 Å². The van der Waals surface area contributed by atoms with Crippen LogP contribution in [0.5, 0.6) is 0 Å². The molecule has 0 unspecified atom stereocenters. The van der Waals surface area contributed by atoms with E-state index < -0.39 is 0 Å². The lowest BCUT2D eigenvalue weighted by molar-refractivity contribution is 0.0105. The highest BCUT2D eigenvalue weighted by Gasteiger charge is 2.36. The zero-order chi connectivity index (χ0) is 24.9. The molecule has 0 heterocycles. The first-order valence-electron chi connectivity index (χ1n) is 13.9. The average molecular weight is 474 g/mol. The van der Waals surface area contributed by atoms with E-state index in [1.54, 1.807) is 0 Å². The van der Waals surface area contributed by atoms with Crippen molar-refractivity contribution in [2.24, 2.45) is 5.41 Å². The molecule has 0 spiro atoms. The Balaban J connectivity index is 1.46. The summed E-state index contributed by atoms with van der Waals surface area (Å²) in [6.45, 7) is 4.42. The number of hydrogen-bond acceptors (Lipinski definition) is 3. The zero-order valence-electron chi connectivity index (χ0n) is 21.9. The lowest BCUT2D eigenvalue weighted by atomic mass is 9.71. The Morgan fingerprint density at radius 3 is 2.03 bits per heavy atom. The Kier molecular flexibility index (Phi) is 10.9. The minimum absolute atomic E-state index is 0.0792. The lowest BCUT2D eigenvalue weighted by Gasteiger charge is -2.34. The van der Waals surface area contributed by atoms with Gasteiger partial charge in [-0.1, -0.05) is 95.2 Å². The Bertz CT molecular complexity index is 931. The minimum atomic E-state index is -0.256. The second kappa shape index (κ2) is 14.1. The van der Waals surface area contributed by atoms with Crippen LogP contribution in [0, 0.1) is 16.7 Å². The molecule has 0 bridgehead atoms. The lowest BCUT2D eigenvalue weighted by Crippen LogP contribution is -2.31. The standard InChI is InChI=1S/C32H43NO2/c1-3-5-7-8-9-10-11-26-12-14-27(15-13-26)28-16-18-29(19-17-28)31(34)35-30-20-23-32(25-33,24-21-30)22-6-4-2/h12-19,30H,3-11,20-24H2,1-2H3. The molecule has 35 heavy (non-hydrogen) atoms. The molecule has 0 aromatic heterocycles. The van der Waals surface area contributed by atoms with Gasteiger partial charge in [0, 0.05) is 0 Å². The molecule has 0 radical (unpaired) electrons. The summed E-state index contributed by atoms with van der Waals surface area (Å²) < 4.78 is 5.80. The number of nitrogens with zero attached hydrogens (tertiary/aromatic N) is 1. The van der Waals surface area contributed by atoms with E-state index in [1.807, 2.05) is 24.3 Å². The molecule has 1 aliphatic carbocycles. The number of rotatable bonds is 13. The number of hydrogen-bond donors (Lipinski definition) is 0. The van der Waals surface area contributed by atoms with Crippen molar-refractivity contribution in [1.29, 1.82) is 5.26 Å². The Morgan fingerprint density at radius 2 is 1.43 bits per heavy atom. The van der Waals surface area contributed by atoms with Crippen molar-refractivity contribution >= 4 is 5.97 Å². The molecule has 3 nitrogen and oxygen atoms in total. The van der Waals surface area contributed by atoms with Gasteiger partial charge in [0.05, 0.1) is 17.0 Å². The van der Waals surface area contributed by atoms with Crippen LogP contribution < -0.4 is 0 Å². The number of carbonyl (C=O) groups excluding carboxylic acids is 1. The average Bonchev–Trinajstić information content (AvgIpc) is 2.91. The SMILES string of the molecule is CCCCCCCCc1ccc(-c2ccc(C(=O)OC3CCC(C#N)(CCCC)CC3)cc2)cc1. The Hall–Kier alpha value is -2.60. The molecule has 1 aliphatic rings. The monoisotopic (exact) mass is 473 g/mol. The van der Waals surface area contributed by atoms with E-state index in [-0.39, 0.29) is 17.5 Å². The second-order valence-corrected chi connectivity index (χ2v) is 10.4. The van der Waals surface area contributed by atoms with Gasteiger partial charge in [-0.05, 0) is 73.8 Å². The summed E-state index contributed by atoms with van der Waals surface area (Å²) >= 11 is 0. The first kappa shape index (κ1) is 27.0. The fourth-order valence-corrected chi connectivity index (χ4v) is 5.19. The first-order valence-corrected chi connectivity index (χ1v) is 13.9. The molecule has 0 amide bonds. The zero-order valence-corrected chi connectivity index (χ0v) is 21.9. The predicted molar refractivity (Wildman–Crippen MR) is 144 cm³/mol. The van der Waals surface area contributed by atoms with Crippen molar-refractivity contribution in [3.05, 3.63) is 59.7 Å². The molecule has 0 aliphatic heterocycles. The summed E-state index contributed by atoms with van der Waals surface area (Å²) in [4.78, 5) is 12.7. The van der Waals surface area contributed by atoms with Gasteiger partial charge in [-0.25, -0.2) is 4.79 Å². The van der Waals surface area contributed by atoms with Gasteiger partial charge in [-0.15, -0.1) is 0 Å². The predicted octanol–water partition coefficient (Wildman–Crippen LogP) is 9.06. The molecule has 3 rings (SSSR count). The van der Waals surface area contributed by atoms with Crippen LogP contribution in [0.1, 0.15) is 113 Å². The first-order chi connectivity index (χ1) is 17.1. The Labute approximate surface area is 212 Å². The highest BCUT2D eigenvalue weighted by atomic mass is 16.5. The molecule has 1 fully saturated rings. The van der Waals surface area contributed by atoms with Gasteiger partial charge in [0.25, 0.3) is 0 Å². The third-order valence-corrected chi connectivity index (χ3v) is 7.64. The van der Waals surface area contributed by atoms with Crippen molar-refractivity contribution in [3.8, 4) is 17.2 Å². The number of carbonyl (C=O) groups is 1.